The largest absolute Gasteiger partial charge is 0.304 e. The summed E-state index contributed by atoms with van der Waals surface area (Å²) in [6.07, 6.45) is 2.21. The topological polar surface area (TPSA) is 37.4 Å². The fourth-order valence-electron chi connectivity index (χ4n) is 2.57. The summed E-state index contributed by atoms with van der Waals surface area (Å²) in [6.45, 7) is 0.106. The molecule has 2 aromatic rings. The number of benzene rings is 1. The van der Waals surface area contributed by atoms with E-state index in [9.17, 15) is 9.59 Å². The molecule has 3 nitrogen and oxygen atoms in total. The Hall–Kier alpha value is -1.46. The van der Waals surface area contributed by atoms with E-state index in [1.54, 1.807) is 4.90 Å². The van der Waals surface area contributed by atoms with Crippen molar-refractivity contribution in [2.75, 3.05) is 11.4 Å². The highest BCUT2D eigenvalue weighted by Gasteiger charge is 2.25. The van der Waals surface area contributed by atoms with Crippen LogP contribution in [-0.4, -0.2) is 18.2 Å². The first-order valence-corrected chi connectivity index (χ1v) is 8.48. The molecule has 2 heterocycles. The second-order valence-corrected chi connectivity index (χ2v) is 6.75. The predicted octanol–water partition coefficient (Wildman–Crippen LogP) is 4.06. The van der Waals surface area contributed by atoms with Crippen molar-refractivity contribution in [2.45, 2.75) is 19.3 Å². The minimum absolute atomic E-state index is 0.0260. The van der Waals surface area contributed by atoms with Crippen LogP contribution in [0.2, 0.25) is 0 Å². The van der Waals surface area contributed by atoms with Crippen LogP contribution in [0.4, 0.5) is 5.69 Å². The Morgan fingerprint density at radius 2 is 2.05 bits per heavy atom. The zero-order valence-corrected chi connectivity index (χ0v) is 13.7. The SMILES string of the molecule is O=C(CN1C(=O)CCCc2ccccc21)c1sccc1Br. The minimum atomic E-state index is -0.0260. The van der Waals surface area contributed by atoms with Gasteiger partial charge >= 0.3 is 0 Å². The molecule has 1 aromatic heterocycles. The number of fused-ring (bicyclic) bond motifs is 1. The third-order valence-electron chi connectivity index (χ3n) is 3.59. The summed E-state index contributed by atoms with van der Waals surface area (Å²) in [6, 6.07) is 9.71. The Balaban J connectivity index is 1.91. The molecule has 21 heavy (non-hydrogen) atoms. The number of carbonyl (C=O) groups is 2. The van der Waals surface area contributed by atoms with Crippen molar-refractivity contribution in [2.24, 2.45) is 0 Å². The van der Waals surface area contributed by atoms with Gasteiger partial charge in [-0.2, -0.15) is 0 Å². The second kappa shape index (κ2) is 6.12. The highest BCUT2D eigenvalue weighted by molar-refractivity contribution is 9.10. The van der Waals surface area contributed by atoms with E-state index < -0.39 is 0 Å². The molecule has 0 radical (unpaired) electrons. The highest BCUT2D eigenvalue weighted by Crippen LogP contribution is 2.28. The Labute approximate surface area is 135 Å². The normalized spacial score (nSPS) is 14.7. The zero-order chi connectivity index (χ0) is 14.8. The number of aryl methyl sites for hydroxylation is 1. The standard InChI is InChI=1S/C16H14BrNO2S/c17-12-8-9-21-16(12)14(19)10-18-13-6-2-1-4-11(13)5-3-7-15(18)20/h1-2,4,6,8-9H,3,5,7,10H2. The van der Waals surface area contributed by atoms with E-state index in [1.165, 1.54) is 11.3 Å². The van der Waals surface area contributed by atoms with Crippen molar-refractivity contribution in [3.63, 3.8) is 0 Å². The van der Waals surface area contributed by atoms with Crippen LogP contribution in [0.3, 0.4) is 0 Å². The van der Waals surface area contributed by atoms with Crippen LogP contribution in [0.25, 0.3) is 0 Å². The Kier molecular flexibility index (Phi) is 4.22. The number of rotatable bonds is 3. The van der Waals surface area contributed by atoms with Crippen molar-refractivity contribution in [1.29, 1.82) is 0 Å². The number of ketones is 1. The van der Waals surface area contributed by atoms with Crippen LogP contribution >= 0.6 is 27.3 Å². The lowest BCUT2D eigenvalue weighted by Gasteiger charge is -2.22. The van der Waals surface area contributed by atoms with E-state index in [-0.39, 0.29) is 18.2 Å². The molecule has 1 amide bonds. The predicted molar refractivity (Wildman–Crippen MR) is 88.1 cm³/mol. The number of amides is 1. The molecule has 1 aliphatic heterocycles. The van der Waals surface area contributed by atoms with Gasteiger partial charge in [0.05, 0.1) is 11.4 Å². The lowest BCUT2D eigenvalue weighted by atomic mass is 10.1. The summed E-state index contributed by atoms with van der Waals surface area (Å²) in [4.78, 5) is 27.1. The van der Waals surface area contributed by atoms with Crippen LogP contribution in [0.5, 0.6) is 0 Å². The maximum Gasteiger partial charge on any atom is 0.227 e. The van der Waals surface area contributed by atoms with Gasteiger partial charge in [0.2, 0.25) is 5.91 Å². The summed E-state index contributed by atoms with van der Waals surface area (Å²) in [5, 5.41) is 1.87. The van der Waals surface area contributed by atoms with Crippen molar-refractivity contribution >= 4 is 44.6 Å². The second-order valence-electron chi connectivity index (χ2n) is 4.98. The molecule has 0 saturated carbocycles. The fraction of sp³-hybridized carbons (Fsp3) is 0.250. The molecular weight excluding hydrogens is 350 g/mol. The molecule has 0 bridgehead atoms. The molecule has 0 spiro atoms. The number of hydrogen-bond acceptors (Lipinski definition) is 3. The van der Waals surface area contributed by atoms with Gasteiger partial charge in [-0.15, -0.1) is 11.3 Å². The van der Waals surface area contributed by atoms with Crippen molar-refractivity contribution in [3.8, 4) is 0 Å². The van der Waals surface area contributed by atoms with E-state index in [1.807, 2.05) is 35.7 Å². The molecule has 0 N–H and O–H groups in total. The zero-order valence-electron chi connectivity index (χ0n) is 11.3. The Bertz CT molecular complexity index is 695. The van der Waals surface area contributed by atoms with Crippen LogP contribution in [-0.2, 0) is 11.2 Å². The van der Waals surface area contributed by atoms with Gasteiger partial charge in [0, 0.05) is 16.6 Å². The number of hydrogen-bond donors (Lipinski definition) is 0. The molecule has 0 saturated heterocycles. The molecule has 108 valence electrons. The smallest absolute Gasteiger partial charge is 0.227 e. The highest BCUT2D eigenvalue weighted by atomic mass is 79.9. The average Bonchev–Trinajstić information content (AvgIpc) is 2.84. The molecule has 0 atom stereocenters. The van der Waals surface area contributed by atoms with E-state index in [4.69, 9.17) is 0 Å². The monoisotopic (exact) mass is 363 g/mol. The molecule has 0 aliphatic carbocycles. The average molecular weight is 364 g/mol. The number of anilines is 1. The van der Waals surface area contributed by atoms with E-state index >= 15 is 0 Å². The summed E-state index contributed by atoms with van der Waals surface area (Å²) < 4.78 is 0.799. The van der Waals surface area contributed by atoms with E-state index in [0.717, 1.165) is 28.6 Å². The lowest BCUT2D eigenvalue weighted by molar-refractivity contribution is -0.118. The van der Waals surface area contributed by atoms with Crippen LogP contribution < -0.4 is 4.90 Å². The van der Waals surface area contributed by atoms with Gasteiger partial charge < -0.3 is 4.90 Å². The third kappa shape index (κ3) is 2.94. The molecule has 0 unspecified atom stereocenters. The summed E-state index contributed by atoms with van der Waals surface area (Å²) in [7, 11) is 0. The number of Topliss-reactive ketones (excluding diaryl/α,β-unsaturated/α-hetero) is 1. The first kappa shape index (κ1) is 14.5. The maximum atomic E-state index is 12.4. The number of para-hydroxylation sites is 1. The number of halogens is 1. The molecule has 1 aliphatic rings. The Morgan fingerprint density at radius 1 is 1.24 bits per heavy atom. The number of nitrogens with zero attached hydrogens (tertiary/aromatic N) is 1. The quantitative estimate of drug-likeness (QED) is 0.771. The number of carbonyl (C=O) groups excluding carboxylic acids is 2. The first-order chi connectivity index (χ1) is 10.2. The molecule has 5 heteroatoms. The van der Waals surface area contributed by atoms with Crippen molar-refractivity contribution in [3.05, 3.63) is 50.6 Å². The number of thiophene rings is 1. The van der Waals surface area contributed by atoms with Crippen LogP contribution in [0, 0.1) is 0 Å². The van der Waals surface area contributed by atoms with Crippen LogP contribution in [0.1, 0.15) is 28.1 Å². The van der Waals surface area contributed by atoms with E-state index in [2.05, 4.69) is 15.9 Å². The summed E-state index contributed by atoms with van der Waals surface area (Å²) >= 11 is 4.78. The van der Waals surface area contributed by atoms with E-state index in [0.29, 0.717) is 11.3 Å². The van der Waals surface area contributed by atoms with Gasteiger partial charge in [-0.05, 0) is 51.8 Å². The lowest BCUT2D eigenvalue weighted by Crippen LogP contribution is -2.35. The molecule has 0 fully saturated rings. The minimum Gasteiger partial charge on any atom is -0.304 e. The van der Waals surface area contributed by atoms with Gasteiger partial charge in [0.25, 0.3) is 0 Å². The van der Waals surface area contributed by atoms with Gasteiger partial charge in [-0.25, -0.2) is 0 Å². The van der Waals surface area contributed by atoms with Gasteiger partial charge in [0.15, 0.2) is 5.78 Å². The molecule has 1 aromatic carbocycles. The third-order valence-corrected chi connectivity index (χ3v) is 5.47. The van der Waals surface area contributed by atoms with Crippen molar-refractivity contribution < 1.29 is 9.59 Å². The maximum absolute atomic E-state index is 12.4. The molecular formula is C16H14BrNO2S. The summed E-state index contributed by atoms with van der Waals surface area (Å²) in [5.41, 5.74) is 2.02. The fourth-order valence-corrected chi connectivity index (χ4v) is 4.09. The van der Waals surface area contributed by atoms with Crippen molar-refractivity contribution in [1.82, 2.24) is 0 Å². The van der Waals surface area contributed by atoms with Gasteiger partial charge in [-0.1, -0.05) is 18.2 Å². The summed E-state index contributed by atoms with van der Waals surface area (Å²) in [5.74, 6) is 0.00269. The molecule has 3 rings (SSSR count). The van der Waals surface area contributed by atoms with Gasteiger partial charge in [-0.3, -0.25) is 9.59 Å². The Morgan fingerprint density at radius 3 is 2.81 bits per heavy atom. The van der Waals surface area contributed by atoms with Gasteiger partial charge in [0.1, 0.15) is 0 Å². The van der Waals surface area contributed by atoms with Crippen LogP contribution in [0.15, 0.2) is 40.2 Å². The first-order valence-electron chi connectivity index (χ1n) is 6.81.